The summed E-state index contributed by atoms with van der Waals surface area (Å²) in [7, 11) is -1.91. The molecule has 2 aromatic rings. The van der Waals surface area contributed by atoms with E-state index in [0.29, 0.717) is 18.2 Å². The van der Waals surface area contributed by atoms with E-state index >= 15 is 0 Å². The highest BCUT2D eigenvalue weighted by molar-refractivity contribution is 9.10. The molecule has 0 radical (unpaired) electrons. The summed E-state index contributed by atoms with van der Waals surface area (Å²) in [4.78, 5) is 9.44. The summed E-state index contributed by atoms with van der Waals surface area (Å²) in [5, 5.41) is 1.89. The van der Waals surface area contributed by atoms with Gasteiger partial charge in [-0.3, -0.25) is 8.75 Å². The highest BCUT2D eigenvalue weighted by Crippen LogP contribution is 2.19. The number of rotatable bonds is 6. The van der Waals surface area contributed by atoms with E-state index in [0.717, 1.165) is 15.5 Å². The minimum atomic E-state index is -3.52. The summed E-state index contributed by atoms with van der Waals surface area (Å²) in [6, 6.07) is 3.42. The molecule has 0 saturated heterocycles. The summed E-state index contributed by atoms with van der Waals surface area (Å²) in [6.45, 7) is 0.254. The van der Waals surface area contributed by atoms with Crippen molar-refractivity contribution in [3.8, 4) is 0 Å². The molecule has 0 atom stereocenters. The van der Waals surface area contributed by atoms with Gasteiger partial charge in [-0.2, -0.15) is 8.42 Å². The van der Waals surface area contributed by atoms with Crippen LogP contribution in [0.5, 0.6) is 0 Å². The smallest absolute Gasteiger partial charge is 0.264 e. The first-order valence-corrected chi connectivity index (χ1v) is 9.55. The predicted octanol–water partition coefficient (Wildman–Crippen LogP) is 2.02. The number of thiazole rings is 1. The fourth-order valence-electron chi connectivity index (χ4n) is 1.56. The lowest BCUT2D eigenvalue weighted by Crippen LogP contribution is -2.14. The first kappa shape index (κ1) is 17.3. The van der Waals surface area contributed by atoms with Crippen molar-refractivity contribution in [1.82, 2.24) is 9.55 Å². The number of ether oxygens (including phenoxy) is 1. The molecular formula is C12H14BrN3O4S2. The third-order valence-electron chi connectivity index (χ3n) is 2.39. The number of nitrogens with zero attached hydrogens (tertiary/aromatic N) is 3. The zero-order valence-corrected chi connectivity index (χ0v) is 15.1. The van der Waals surface area contributed by atoms with Crippen LogP contribution in [0.15, 0.2) is 33.2 Å². The molecule has 22 heavy (non-hydrogen) atoms. The van der Waals surface area contributed by atoms with Gasteiger partial charge in [-0.25, -0.2) is 9.98 Å². The maximum absolute atomic E-state index is 11.0. The number of methoxy groups -OCH3 is 1. The molecule has 2 aromatic heterocycles. The van der Waals surface area contributed by atoms with Crippen molar-refractivity contribution in [2.45, 2.75) is 13.3 Å². The number of hydrogen-bond donors (Lipinski definition) is 0. The molecule has 0 aliphatic rings. The van der Waals surface area contributed by atoms with Crippen molar-refractivity contribution < 1.29 is 17.3 Å². The Hall–Kier alpha value is -1.07. The molecule has 0 aliphatic carbocycles. The van der Waals surface area contributed by atoms with E-state index in [1.807, 2.05) is 16.1 Å². The van der Waals surface area contributed by atoms with Crippen LogP contribution in [0.3, 0.4) is 0 Å². The number of hydrogen-bond acceptors (Lipinski definition) is 7. The van der Waals surface area contributed by atoms with Gasteiger partial charge in [0.2, 0.25) is 0 Å². The molecule has 120 valence electrons. The van der Waals surface area contributed by atoms with Gasteiger partial charge >= 0.3 is 0 Å². The van der Waals surface area contributed by atoms with E-state index in [-0.39, 0.29) is 6.61 Å². The second kappa shape index (κ2) is 7.47. The average Bonchev–Trinajstić information content (AvgIpc) is 2.83. The SMILES string of the molecule is COCn1ccs/c1=N\c1cc(Br)cc(COS(C)(=O)=O)n1. The van der Waals surface area contributed by atoms with Crippen molar-refractivity contribution in [3.05, 3.63) is 38.7 Å². The van der Waals surface area contributed by atoms with Crippen molar-refractivity contribution in [2.24, 2.45) is 4.99 Å². The maximum Gasteiger partial charge on any atom is 0.264 e. The van der Waals surface area contributed by atoms with Crippen LogP contribution in [-0.2, 0) is 32.4 Å². The molecule has 10 heteroatoms. The zero-order chi connectivity index (χ0) is 16.2. The van der Waals surface area contributed by atoms with E-state index in [1.54, 1.807) is 19.2 Å². The van der Waals surface area contributed by atoms with Crippen molar-refractivity contribution in [1.29, 1.82) is 0 Å². The average molecular weight is 408 g/mol. The summed E-state index contributed by atoms with van der Waals surface area (Å²) in [6.07, 6.45) is 2.86. The highest BCUT2D eigenvalue weighted by Gasteiger charge is 2.06. The quantitative estimate of drug-likeness (QED) is 0.683. The van der Waals surface area contributed by atoms with Crippen LogP contribution in [0, 0.1) is 0 Å². The lowest BCUT2D eigenvalue weighted by Gasteiger charge is -2.04. The summed E-state index contributed by atoms with van der Waals surface area (Å²) >= 11 is 4.80. The lowest BCUT2D eigenvalue weighted by molar-refractivity contribution is 0.129. The second-order valence-corrected chi connectivity index (χ2v) is 7.72. The van der Waals surface area contributed by atoms with E-state index < -0.39 is 10.1 Å². The van der Waals surface area contributed by atoms with Crippen LogP contribution >= 0.6 is 27.3 Å². The zero-order valence-electron chi connectivity index (χ0n) is 11.9. The molecule has 2 rings (SSSR count). The summed E-state index contributed by atoms with van der Waals surface area (Å²) in [5.41, 5.74) is 0.466. The molecule has 2 heterocycles. The maximum atomic E-state index is 11.0. The Kier molecular flexibility index (Phi) is 5.87. The third-order valence-corrected chi connectivity index (χ3v) is 4.19. The van der Waals surface area contributed by atoms with Crippen LogP contribution in [0.4, 0.5) is 5.82 Å². The third kappa shape index (κ3) is 5.29. The minimum Gasteiger partial charge on any atom is -0.364 e. The Morgan fingerprint density at radius 3 is 2.91 bits per heavy atom. The number of halogens is 1. The Morgan fingerprint density at radius 2 is 2.23 bits per heavy atom. The molecule has 0 aliphatic heterocycles. The first-order valence-electron chi connectivity index (χ1n) is 6.06. The second-order valence-electron chi connectivity index (χ2n) is 4.29. The fourth-order valence-corrected chi connectivity index (χ4v) is 3.09. The summed E-state index contributed by atoms with van der Waals surface area (Å²) < 4.78 is 34.5. The van der Waals surface area contributed by atoms with Gasteiger partial charge in [0.1, 0.15) is 13.3 Å². The Balaban J connectivity index is 2.31. The summed E-state index contributed by atoms with van der Waals surface area (Å²) in [5.74, 6) is 0.453. The van der Waals surface area contributed by atoms with Crippen LogP contribution in [0.1, 0.15) is 5.69 Å². The van der Waals surface area contributed by atoms with Gasteiger partial charge in [0.05, 0.1) is 11.9 Å². The van der Waals surface area contributed by atoms with Gasteiger partial charge < -0.3 is 4.74 Å². The van der Waals surface area contributed by atoms with Gasteiger partial charge in [-0.05, 0) is 12.1 Å². The molecule has 0 aromatic carbocycles. The van der Waals surface area contributed by atoms with Gasteiger partial charge in [-0.15, -0.1) is 11.3 Å². The number of pyridine rings is 1. The van der Waals surface area contributed by atoms with Crippen LogP contribution in [0.25, 0.3) is 0 Å². The molecule has 0 amide bonds. The minimum absolute atomic E-state index is 0.136. The van der Waals surface area contributed by atoms with E-state index in [4.69, 9.17) is 8.92 Å². The van der Waals surface area contributed by atoms with Gasteiger partial charge in [0.25, 0.3) is 10.1 Å². The molecule has 0 bridgehead atoms. The Bertz CT molecular complexity index is 814. The molecular weight excluding hydrogens is 394 g/mol. The van der Waals surface area contributed by atoms with Crippen molar-refractivity contribution in [3.63, 3.8) is 0 Å². The normalized spacial score (nSPS) is 12.8. The van der Waals surface area contributed by atoms with Gasteiger partial charge in [0, 0.05) is 23.2 Å². The first-order chi connectivity index (χ1) is 10.4. The Labute approximate surface area is 140 Å². The van der Waals surface area contributed by atoms with Crippen LogP contribution < -0.4 is 4.80 Å². The predicted molar refractivity (Wildman–Crippen MR) is 86.1 cm³/mol. The van der Waals surface area contributed by atoms with Gasteiger partial charge in [-0.1, -0.05) is 15.9 Å². The highest BCUT2D eigenvalue weighted by atomic mass is 79.9. The molecule has 0 unspecified atom stereocenters. The lowest BCUT2D eigenvalue weighted by atomic mass is 10.3. The van der Waals surface area contributed by atoms with Crippen molar-refractivity contribution in [2.75, 3.05) is 13.4 Å². The molecule has 0 fully saturated rings. The van der Waals surface area contributed by atoms with E-state index in [9.17, 15) is 8.42 Å². The van der Waals surface area contributed by atoms with E-state index in [2.05, 4.69) is 25.9 Å². The molecule has 0 saturated carbocycles. The topological polar surface area (TPSA) is 82.8 Å². The van der Waals surface area contributed by atoms with Crippen LogP contribution in [0.2, 0.25) is 0 Å². The number of aromatic nitrogens is 2. The molecule has 7 nitrogen and oxygen atoms in total. The standard InChI is InChI=1S/C12H14BrN3O4S2/c1-19-8-16-3-4-21-12(16)15-11-6-9(13)5-10(14-11)7-20-22(2,17)18/h3-6H,7-8H2,1-2H3/b15-12-. The fraction of sp³-hybridized carbons (Fsp3) is 0.333. The largest absolute Gasteiger partial charge is 0.364 e. The van der Waals surface area contributed by atoms with Crippen molar-refractivity contribution >= 4 is 43.2 Å². The van der Waals surface area contributed by atoms with Crippen LogP contribution in [-0.4, -0.2) is 31.3 Å². The monoisotopic (exact) mass is 407 g/mol. The Morgan fingerprint density at radius 1 is 1.45 bits per heavy atom. The molecule has 0 spiro atoms. The van der Waals surface area contributed by atoms with Gasteiger partial charge in [0.15, 0.2) is 10.6 Å². The molecule has 0 N–H and O–H groups in total. The van der Waals surface area contributed by atoms with E-state index in [1.165, 1.54) is 11.3 Å².